The summed E-state index contributed by atoms with van der Waals surface area (Å²) in [6, 6.07) is 16.6. The highest BCUT2D eigenvalue weighted by Crippen LogP contribution is 2.24. The molecule has 0 amide bonds. The summed E-state index contributed by atoms with van der Waals surface area (Å²) in [5, 5.41) is 5.00. The minimum absolute atomic E-state index is 0.0751. The number of aryl methyl sites for hydroxylation is 1. The van der Waals surface area contributed by atoms with Gasteiger partial charge in [-0.25, -0.2) is 9.78 Å². The van der Waals surface area contributed by atoms with E-state index in [9.17, 15) is 4.79 Å². The Hall–Kier alpha value is -2.90. The lowest BCUT2D eigenvalue weighted by atomic mass is 10.1. The molecule has 0 radical (unpaired) electrons. The summed E-state index contributed by atoms with van der Waals surface area (Å²) >= 11 is 9.34. The average molecular weight is 473 g/mol. The molecule has 0 aliphatic rings. The largest absolute Gasteiger partial charge is 0.451 e. The van der Waals surface area contributed by atoms with Crippen LogP contribution in [0.5, 0.6) is 0 Å². The van der Waals surface area contributed by atoms with Crippen molar-refractivity contribution in [2.75, 3.05) is 0 Å². The summed E-state index contributed by atoms with van der Waals surface area (Å²) in [5.74, 6) is 0.402. The SMILES string of the molecule is Cn1nc(-c2ccc(Cl)cc2)cc1C(=O)OCc1ncc(-c2cccc(Br)c2)o1. The van der Waals surface area contributed by atoms with Crippen molar-refractivity contribution in [2.24, 2.45) is 7.05 Å². The number of hydrogen-bond acceptors (Lipinski definition) is 5. The molecule has 0 saturated heterocycles. The molecule has 4 rings (SSSR count). The molecule has 0 spiro atoms. The lowest BCUT2D eigenvalue weighted by Gasteiger charge is -2.02. The monoisotopic (exact) mass is 471 g/mol. The second-order valence-electron chi connectivity index (χ2n) is 6.25. The number of hydrogen-bond donors (Lipinski definition) is 0. The fraction of sp³-hybridized carbons (Fsp3) is 0.0952. The summed E-state index contributed by atoms with van der Waals surface area (Å²) in [6.45, 7) is -0.0751. The molecule has 146 valence electrons. The van der Waals surface area contributed by atoms with E-state index >= 15 is 0 Å². The summed E-state index contributed by atoms with van der Waals surface area (Å²) in [5.41, 5.74) is 2.72. The van der Waals surface area contributed by atoms with Crippen molar-refractivity contribution in [2.45, 2.75) is 6.61 Å². The van der Waals surface area contributed by atoms with E-state index in [1.165, 1.54) is 4.68 Å². The molecule has 29 heavy (non-hydrogen) atoms. The first-order chi connectivity index (χ1) is 14.0. The van der Waals surface area contributed by atoms with Crippen LogP contribution in [0.2, 0.25) is 5.02 Å². The van der Waals surface area contributed by atoms with Crippen molar-refractivity contribution < 1.29 is 13.9 Å². The Morgan fingerprint density at radius 1 is 1.17 bits per heavy atom. The normalized spacial score (nSPS) is 10.9. The van der Waals surface area contributed by atoms with Gasteiger partial charge in [-0.05, 0) is 30.3 Å². The van der Waals surface area contributed by atoms with Crippen LogP contribution >= 0.6 is 27.5 Å². The zero-order chi connectivity index (χ0) is 20.4. The third kappa shape index (κ3) is 4.41. The molecular weight excluding hydrogens is 458 g/mol. The van der Waals surface area contributed by atoms with E-state index < -0.39 is 5.97 Å². The Balaban J connectivity index is 1.45. The smallest absolute Gasteiger partial charge is 0.357 e. The van der Waals surface area contributed by atoms with Crippen LogP contribution in [0, 0.1) is 0 Å². The van der Waals surface area contributed by atoms with E-state index in [0.29, 0.717) is 28.1 Å². The van der Waals surface area contributed by atoms with Crippen LogP contribution in [-0.2, 0) is 18.4 Å². The molecule has 8 heteroatoms. The van der Waals surface area contributed by atoms with E-state index in [-0.39, 0.29) is 6.61 Å². The molecule has 0 unspecified atom stereocenters. The van der Waals surface area contributed by atoms with Crippen molar-refractivity contribution in [3.05, 3.63) is 81.9 Å². The van der Waals surface area contributed by atoms with Gasteiger partial charge in [0.1, 0.15) is 5.69 Å². The molecule has 0 saturated carbocycles. The maximum Gasteiger partial charge on any atom is 0.357 e. The summed E-state index contributed by atoms with van der Waals surface area (Å²) < 4.78 is 13.5. The fourth-order valence-electron chi connectivity index (χ4n) is 2.77. The quantitative estimate of drug-likeness (QED) is 0.358. The second kappa shape index (κ2) is 8.23. The van der Waals surface area contributed by atoms with Crippen LogP contribution < -0.4 is 0 Å². The van der Waals surface area contributed by atoms with E-state index in [2.05, 4.69) is 26.0 Å². The minimum atomic E-state index is -0.512. The van der Waals surface area contributed by atoms with Gasteiger partial charge in [0.25, 0.3) is 0 Å². The molecule has 0 aliphatic heterocycles. The number of aromatic nitrogens is 3. The molecule has 0 bridgehead atoms. The third-order valence-corrected chi connectivity index (χ3v) is 4.96. The molecule has 0 N–H and O–H groups in total. The summed E-state index contributed by atoms with van der Waals surface area (Å²) in [7, 11) is 1.69. The third-order valence-electron chi connectivity index (χ3n) is 4.22. The Morgan fingerprint density at radius 2 is 1.97 bits per heavy atom. The summed E-state index contributed by atoms with van der Waals surface area (Å²) in [4.78, 5) is 16.7. The van der Waals surface area contributed by atoms with Crippen LogP contribution in [0.25, 0.3) is 22.6 Å². The molecule has 2 aromatic carbocycles. The van der Waals surface area contributed by atoms with Gasteiger partial charge in [-0.15, -0.1) is 0 Å². The Kier molecular flexibility index (Phi) is 5.51. The minimum Gasteiger partial charge on any atom is -0.451 e. The predicted octanol–water partition coefficient (Wildman–Crippen LogP) is 5.52. The van der Waals surface area contributed by atoms with Gasteiger partial charge in [0.2, 0.25) is 5.89 Å². The predicted molar refractivity (Wildman–Crippen MR) is 112 cm³/mol. The van der Waals surface area contributed by atoms with Crippen molar-refractivity contribution >= 4 is 33.5 Å². The van der Waals surface area contributed by atoms with E-state index in [1.807, 2.05) is 36.4 Å². The Bertz CT molecular complexity index is 1170. The number of benzene rings is 2. The lowest BCUT2D eigenvalue weighted by molar-refractivity contribution is 0.0426. The van der Waals surface area contributed by atoms with Gasteiger partial charge in [-0.2, -0.15) is 5.10 Å². The Labute approximate surface area is 180 Å². The van der Waals surface area contributed by atoms with Gasteiger partial charge in [-0.1, -0.05) is 51.8 Å². The van der Waals surface area contributed by atoms with Gasteiger partial charge in [0, 0.05) is 27.7 Å². The van der Waals surface area contributed by atoms with Crippen molar-refractivity contribution in [1.29, 1.82) is 0 Å². The number of carbonyl (C=O) groups is 1. The molecule has 6 nitrogen and oxygen atoms in total. The highest BCUT2D eigenvalue weighted by molar-refractivity contribution is 9.10. The van der Waals surface area contributed by atoms with Crippen LogP contribution in [0.4, 0.5) is 0 Å². The molecule has 2 aromatic heterocycles. The fourth-order valence-corrected chi connectivity index (χ4v) is 3.30. The van der Waals surface area contributed by atoms with Gasteiger partial charge >= 0.3 is 5.97 Å². The highest BCUT2D eigenvalue weighted by atomic mass is 79.9. The van der Waals surface area contributed by atoms with Crippen LogP contribution in [0.1, 0.15) is 16.4 Å². The standard InChI is InChI=1S/C21H15BrClN3O3/c1-26-18(10-17(25-26)13-5-7-16(23)8-6-13)21(27)28-12-20-24-11-19(29-20)14-3-2-4-15(22)9-14/h2-11H,12H2,1H3. The first kappa shape index (κ1) is 19.4. The van der Waals surface area contributed by atoms with Crippen molar-refractivity contribution in [1.82, 2.24) is 14.8 Å². The molecule has 0 aliphatic carbocycles. The maximum absolute atomic E-state index is 12.5. The number of nitrogens with zero attached hydrogens (tertiary/aromatic N) is 3. The maximum atomic E-state index is 12.5. The van der Waals surface area contributed by atoms with Gasteiger partial charge in [0.15, 0.2) is 12.4 Å². The topological polar surface area (TPSA) is 70.2 Å². The van der Waals surface area contributed by atoms with Gasteiger partial charge < -0.3 is 9.15 Å². The number of oxazole rings is 1. The number of esters is 1. The van der Waals surface area contributed by atoms with Crippen LogP contribution in [-0.4, -0.2) is 20.7 Å². The summed E-state index contributed by atoms with van der Waals surface area (Å²) in [6.07, 6.45) is 1.60. The number of rotatable bonds is 5. The molecule has 0 fully saturated rings. The molecular formula is C21H15BrClN3O3. The Morgan fingerprint density at radius 3 is 2.72 bits per heavy atom. The van der Waals surface area contributed by atoms with E-state index in [1.54, 1.807) is 31.4 Å². The first-order valence-electron chi connectivity index (χ1n) is 8.67. The van der Waals surface area contributed by atoms with E-state index in [4.69, 9.17) is 20.8 Å². The number of halogens is 2. The second-order valence-corrected chi connectivity index (χ2v) is 7.60. The van der Waals surface area contributed by atoms with Crippen molar-refractivity contribution in [3.8, 4) is 22.6 Å². The zero-order valence-electron chi connectivity index (χ0n) is 15.3. The van der Waals surface area contributed by atoms with Crippen LogP contribution in [0.15, 0.2) is 69.7 Å². The molecule has 4 aromatic rings. The van der Waals surface area contributed by atoms with Crippen molar-refractivity contribution in [3.63, 3.8) is 0 Å². The van der Waals surface area contributed by atoms with Crippen LogP contribution in [0.3, 0.4) is 0 Å². The highest BCUT2D eigenvalue weighted by Gasteiger charge is 2.17. The number of ether oxygens (including phenoxy) is 1. The number of carbonyl (C=O) groups excluding carboxylic acids is 1. The molecule has 0 atom stereocenters. The first-order valence-corrected chi connectivity index (χ1v) is 9.84. The molecule has 2 heterocycles. The van der Waals surface area contributed by atoms with Gasteiger partial charge in [-0.3, -0.25) is 4.68 Å². The lowest BCUT2D eigenvalue weighted by Crippen LogP contribution is -2.10. The average Bonchev–Trinajstić information content (AvgIpc) is 3.34. The van der Waals surface area contributed by atoms with Gasteiger partial charge in [0.05, 0.1) is 11.9 Å². The zero-order valence-corrected chi connectivity index (χ0v) is 17.6. The van der Waals surface area contributed by atoms with E-state index in [0.717, 1.165) is 15.6 Å².